The number of carbonyl (C=O) groups is 1. The van der Waals surface area contributed by atoms with E-state index < -0.39 is 23.6 Å². The lowest BCUT2D eigenvalue weighted by Crippen LogP contribution is -2.34. The maximum Gasteiger partial charge on any atom is 0.270 e. The normalized spacial score (nSPS) is 15.6. The third-order valence-corrected chi connectivity index (χ3v) is 6.09. The third-order valence-electron chi connectivity index (χ3n) is 6.09. The van der Waals surface area contributed by atoms with Gasteiger partial charge in [0.2, 0.25) is 0 Å². The Labute approximate surface area is 185 Å². The molecule has 1 aliphatic carbocycles. The largest absolute Gasteiger partial charge is 0.489 e. The van der Waals surface area contributed by atoms with E-state index in [0.29, 0.717) is 40.9 Å². The number of nitrogens with two attached hydrogens (primary N) is 1. The topological polar surface area (TPSA) is 81.7 Å². The van der Waals surface area contributed by atoms with Crippen molar-refractivity contribution in [1.29, 1.82) is 0 Å². The lowest BCUT2D eigenvalue weighted by Gasteiger charge is -2.21. The van der Waals surface area contributed by atoms with E-state index in [0.717, 1.165) is 12.1 Å². The first-order valence-corrected chi connectivity index (χ1v) is 11.0. The van der Waals surface area contributed by atoms with E-state index in [9.17, 15) is 13.6 Å². The Kier molecular flexibility index (Phi) is 6.69. The molecule has 2 heterocycles. The van der Waals surface area contributed by atoms with Crippen LogP contribution in [0.3, 0.4) is 0 Å². The first-order valence-electron chi connectivity index (χ1n) is 11.0. The van der Waals surface area contributed by atoms with Gasteiger partial charge in [-0.1, -0.05) is 25.3 Å². The standard InChI is InChI=1S/C24H28F2N4O2/c1-15-22(24(31)29-20(13-27)17-9-10-18(25)19(26)12-17)30-11-5-8-21(23(30)28-15)32-14-16-6-3-2-4-7-16/h5,8-12,16,20H,2-4,6-7,13-14,27H2,1H3,(H,29,31). The SMILES string of the molecule is Cc1nc2c(OCC3CCCCC3)cccn2c1C(=O)NC(CN)c1ccc(F)c(F)c1. The molecular weight excluding hydrogens is 414 g/mol. The molecule has 0 bridgehead atoms. The van der Waals surface area contributed by atoms with Gasteiger partial charge in [0, 0.05) is 12.7 Å². The van der Waals surface area contributed by atoms with E-state index in [-0.39, 0.29) is 6.54 Å². The number of hydrogen-bond acceptors (Lipinski definition) is 4. The molecule has 0 aliphatic heterocycles. The fourth-order valence-corrected chi connectivity index (χ4v) is 4.34. The molecule has 3 aromatic rings. The maximum atomic E-state index is 13.7. The summed E-state index contributed by atoms with van der Waals surface area (Å²) in [5.74, 6) is -1.16. The molecule has 32 heavy (non-hydrogen) atoms. The molecule has 1 atom stereocenters. The van der Waals surface area contributed by atoms with Gasteiger partial charge < -0.3 is 15.8 Å². The zero-order chi connectivity index (χ0) is 22.7. The average molecular weight is 443 g/mol. The quantitative estimate of drug-likeness (QED) is 0.571. The number of benzene rings is 1. The highest BCUT2D eigenvalue weighted by molar-refractivity contribution is 5.95. The lowest BCUT2D eigenvalue weighted by molar-refractivity contribution is 0.0931. The van der Waals surface area contributed by atoms with Gasteiger partial charge >= 0.3 is 0 Å². The van der Waals surface area contributed by atoms with Gasteiger partial charge in [0.05, 0.1) is 18.3 Å². The smallest absolute Gasteiger partial charge is 0.270 e. The van der Waals surface area contributed by atoms with Crippen LogP contribution in [0.5, 0.6) is 5.75 Å². The summed E-state index contributed by atoms with van der Waals surface area (Å²) < 4.78 is 34.7. The van der Waals surface area contributed by atoms with E-state index in [1.54, 1.807) is 17.5 Å². The Bertz CT molecular complexity index is 1110. The molecule has 0 spiro atoms. The predicted molar refractivity (Wildman–Crippen MR) is 118 cm³/mol. The second-order valence-electron chi connectivity index (χ2n) is 8.36. The van der Waals surface area contributed by atoms with Crippen molar-refractivity contribution in [2.45, 2.75) is 45.1 Å². The van der Waals surface area contributed by atoms with Crippen LogP contribution in [0.2, 0.25) is 0 Å². The fourth-order valence-electron chi connectivity index (χ4n) is 4.34. The van der Waals surface area contributed by atoms with Gasteiger partial charge in [0.15, 0.2) is 23.0 Å². The number of aryl methyl sites for hydroxylation is 1. The molecule has 8 heteroatoms. The summed E-state index contributed by atoms with van der Waals surface area (Å²) in [6.45, 7) is 2.42. The number of hydrogen-bond donors (Lipinski definition) is 2. The molecule has 1 unspecified atom stereocenters. The number of imidazole rings is 1. The van der Waals surface area contributed by atoms with Crippen molar-refractivity contribution in [3.05, 3.63) is 65.1 Å². The number of nitrogens with zero attached hydrogens (tertiary/aromatic N) is 2. The number of pyridine rings is 1. The molecule has 1 amide bonds. The van der Waals surface area contributed by atoms with Crippen LogP contribution in [0.4, 0.5) is 8.78 Å². The van der Waals surface area contributed by atoms with Crippen LogP contribution in [0.15, 0.2) is 36.5 Å². The van der Waals surface area contributed by atoms with Crippen molar-refractivity contribution in [1.82, 2.24) is 14.7 Å². The average Bonchev–Trinajstić information content (AvgIpc) is 3.15. The zero-order valence-corrected chi connectivity index (χ0v) is 18.1. The molecule has 3 N–H and O–H groups in total. The van der Waals surface area contributed by atoms with Gasteiger partial charge in [-0.05, 0) is 55.5 Å². The van der Waals surface area contributed by atoms with E-state index >= 15 is 0 Å². The molecule has 1 saturated carbocycles. The second-order valence-corrected chi connectivity index (χ2v) is 8.36. The summed E-state index contributed by atoms with van der Waals surface area (Å²) in [5.41, 5.74) is 7.66. The van der Waals surface area contributed by atoms with Crippen molar-refractivity contribution in [2.75, 3.05) is 13.2 Å². The number of amides is 1. The predicted octanol–water partition coefficient (Wildman–Crippen LogP) is 4.31. The van der Waals surface area contributed by atoms with E-state index in [4.69, 9.17) is 10.5 Å². The van der Waals surface area contributed by atoms with Crippen LogP contribution in [0.1, 0.15) is 59.9 Å². The molecule has 0 saturated heterocycles. The molecule has 1 fully saturated rings. The Morgan fingerprint density at radius 3 is 2.75 bits per heavy atom. The van der Waals surface area contributed by atoms with Crippen LogP contribution in [0.25, 0.3) is 5.65 Å². The summed E-state index contributed by atoms with van der Waals surface area (Å²) >= 11 is 0. The number of nitrogens with one attached hydrogen (secondary N) is 1. The van der Waals surface area contributed by atoms with Crippen LogP contribution in [0, 0.1) is 24.5 Å². The minimum atomic E-state index is -0.985. The molecular formula is C24H28F2N4O2. The number of aromatic nitrogens is 2. The summed E-state index contributed by atoms with van der Waals surface area (Å²) in [6, 6.07) is 6.48. The first kappa shape index (κ1) is 22.2. The van der Waals surface area contributed by atoms with Crippen LogP contribution in [-0.4, -0.2) is 28.4 Å². The number of halogens is 2. The molecule has 4 rings (SSSR count). The highest BCUT2D eigenvalue weighted by Crippen LogP contribution is 2.27. The summed E-state index contributed by atoms with van der Waals surface area (Å²) in [7, 11) is 0. The van der Waals surface area contributed by atoms with Gasteiger partial charge in [0.25, 0.3) is 5.91 Å². The fraction of sp³-hybridized carbons (Fsp3) is 0.417. The summed E-state index contributed by atoms with van der Waals surface area (Å²) in [4.78, 5) is 17.7. The summed E-state index contributed by atoms with van der Waals surface area (Å²) in [6.07, 6.45) is 7.88. The number of fused-ring (bicyclic) bond motifs is 1. The van der Waals surface area contributed by atoms with Crippen molar-refractivity contribution < 1.29 is 18.3 Å². The Morgan fingerprint density at radius 1 is 1.25 bits per heavy atom. The highest BCUT2D eigenvalue weighted by atomic mass is 19.2. The van der Waals surface area contributed by atoms with Gasteiger partial charge in [-0.2, -0.15) is 0 Å². The molecule has 170 valence electrons. The van der Waals surface area contributed by atoms with E-state index in [2.05, 4.69) is 10.3 Å². The number of carbonyl (C=O) groups excluding carboxylic acids is 1. The van der Waals surface area contributed by atoms with Gasteiger partial charge in [-0.25, -0.2) is 13.8 Å². The van der Waals surface area contributed by atoms with Crippen LogP contribution >= 0.6 is 0 Å². The highest BCUT2D eigenvalue weighted by Gasteiger charge is 2.23. The minimum absolute atomic E-state index is 0.0301. The zero-order valence-electron chi connectivity index (χ0n) is 18.1. The number of rotatable bonds is 7. The van der Waals surface area contributed by atoms with Crippen molar-refractivity contribution >= 4 is 11.6 Å². The molecule has 1 aromatic carbocycles. The van der Waals surface area contributed by atoms with Crippen molar-refractivity contribution in [3.63, 3.8) is 0 Å². The second kappa shape index (κ2) is 9.65. The molecule has 2 aromatic heterocycles. The molecule has 6 nitrogen and oxygen atoms in total. The van der Waals surface area contributed by atoms with E-state index in [1.807, 2.05) is 12.1 Å². The third kappa shape index (κ3) is 4.60. The monoisotopic (exact) mass is 442 g/mol. The van der Waals surface area contributed by atoms with E-state index in [1.165, 1.54) is 38.2 Å². The van der Waals surface area contributed by atoms with Gasteiger partial charge in [-0.3, -0.25) is 9.20 Å². The van der Waals surface area contributed by atoms with Crippen molar-refractivity contribution in [3.8, 4) is 5.75 Å². The van der Waals surface area contributed by atoms with Crippen LogP contribution in [-0.2, 0) is 0 Å². The Morgan fingerprint density at radius 2 is 2.03 bits per heavy atom. The Hall–Kier alpha value is -3.00. The van der Waals surface area contributed by atoms with Gasteiger partial charge in [-0.15, -0.1) is 0 Å². The van der Waals surface area contributed by atoms with Crippen molar-refractivity contribution in [2.24, 2.45) is 11.7 Å². The summed E-state index contributed by atoms with van der Waals surface area (Å²) in [5, 5.41) is 2.81. The molecule has 1 aliphatic rings. The maximum absolute atomic E-state index is 13.7. The Balaban J connectivity index is 1.55. The minimum Gasteiger partial charge on any atom is -0.489 e. The van der Waals surface area contributed by atoms with Gasteiger partial charge in [0.1, 0.15) is 5.69 Å². The number of ether oxygens (including phenoxy) is 1. The lowest BCUT2D eigenvalue weighted by atomic mass is 9.90. The molecule has 0 radical (unpaired) electrons. The first-order chi connectivity index (χ1) is 15.5. The van der Waals surface area contributed by atoms with Crippen LogP contribution < -0.4 is 15.8 Å².